The van der Waals surface area contributed by atoms with Crippen LogP contribution >= 0.6 is 0 Å². The molecule has 0 saturated carbocycles. The smallest absolute Gasteiger partial charge is 0.416 e. The topological polar surface area (TPSA) is 49.9 Å². The fraction of sp³-hybridized carbons (Fsp3) is 0.231. The van der Waals surface area contributed by atoms with E-state index in [1.807, 2.05) is 69.3 Å². The molecule has 4 rings (SSSR count). The maximum Gasteiger partial charge on any atom is 0.416 e. The Morgan fingerprint density at radius 3 is 2.45 bits per heavy atom. The number of carbonyl (C=O) groups excluding carboxylic acids is 2. The number of hydrogen-bond acceptors (Lipinski definition) is 3. The second-order valence-electron chi connectivity index (χ2n) is 8.59. The number of nitrogens with zero attached hydrogens (tertiary/aromatic N) is 2. The maximum atomic E-state index is 13.5. The summed E-state index contributed by atoms with van der Waals surface area (Å²) in [5.74, 6) is -0.145. The highest BCUT2D eigenvalue weighted by Crippen LogP contribution is 2.34. The van der Waals surface area contributed by atoms with Gasteiger partial charge < -0.3 is 9.64 Å². The van der Waals surface area contributed by atoms with Crippen LogP contribution in [0.25, 0.3) is 10.8 Å². The van der Waals surface area contributed by atoms with E-state index in [0.29, 0.717) is 17.8 Å². The third kappa shape index (κ3) is 3.91. The fourth-order valence-electron chi connectivity index (χ4n) is 3.95. The van der Waals surface area contributed by atoms with Crippen LogP contribution < -0.4 is 4.90 Å². The third-order valence-electron chi connectivity index (χ3n) is 5.26. The van der Waals surface area contributed by atoms with Gasteiger partial charge in [0, 0.05) is 6.54 Å². The molecule has 0 spiro atoms. The summed E-state index contributed by atoms with van der Waals surface area (Å²) in [6, 6.07) is 21.2. The quantitative estimate of drug-likeness (QED) is 0.513. The molecule has 0 aromatic heterocycles. The van der Waals surface area contributed by atoms with Crippen molar-refractivity contribution in [2.45, 2.75) is 39.1 Å². The second-order valence-corrected chi connectivity index (χ2v) is 8.59. The van der Waals surface area contributed by atoms with E-state index in [0.717, 1.165) is 16.3 Å². The summed E-state index contributed by atoms with van der Waals surface area (Å²) in [5, 5.41) is 2.17. The number of benzene rings is 3. The van der Waals surface area contributed by atoms with Crippen molar-refractivity contribution in [3.8, 4) is 0 Å². The van der Waals surface area contributed by atoms with E-state index in [-0.39, 0.29) is 5.91 Å². The van der Waals surface area contributed by atoms with Gasteiger partial charge in [0.1, 0.15) is 11.8 Å². The molecule has 0 radical (unpaired) electrons. The van der Waals surface area contributed by atoms with Crippen molar-refractivity contribution in [3.63, 3.8) is 0 Å². The zero-order valence-electron chi connectivity index (χ0n) is 18.0. The van der Waals surface area contributed by atoms with Gasteiger partial charge >= 0.3 is 6.09 Å². The van der Waals surface area contributed by atoms with E-state index in [9.17, 15) is 9.59 Å². The van der Waals surface area contributed by atoms with Crippen LogP contribution in [-0.2, 0) is 11.3 Å². The zero-order valence-corrected chi connectivity index (χ0v) is 18.0. The lowest BCUT2D eigenvalue weighted by Gasteiger charge is -2.43. The van der Waals surface area contributed by atoms with E-state index < -0.39 is 17.9 Å². The maximum absolute atomic E-state index is 13.5. The molecule has 0 saturated heterocycles. The molecule has 3 aromatic carbocycles. The van der Waals surface area contributed by atoms with Gasteiger partial charge in [0.15, 0.2) is 0 Å². The van der Waals surface area contributed by atoms with Crippen molar-refractivity contribution in [2.24, 2.45) is 0 Å². The number of rotatable bonds is 3. The molecule has 1 aliphatic rings. The molecule has 2 amide bonds. The van der Waals surface area contributed by atoms with Crippen LogP contribution in [0.4, 0.5) is 10.5 Å². The Morgan fingerprint density at radius 2 is 1.71 bits per heavy atom. The van der Waals surface area contributed by atoms with Crippen molar-refractivity contribution in [1.82, 2.24) is 4.90 Å². The van der Waals surface area contributed by atoms with Gasteiger partial charge in [-0.3, -0.25) is 9.69 Å². The minimum atomic E-state index is -0.670. The highest BCUT2D eigenvalue weighted by Gasteiger charge is 2.41. The van der Waals surface area contributed by atoms with Gasteiger partial charge in [0.2, 0.25) is 0 Å². The average Bonchev–Trinajstić information content (AvgIpc) is 2.74. The zero-order chi connectivity index (χ0) is 22.2. The predicted molar refractivity (Wildman–Crippen MR) is 123 cm³/mol. The first-order chi connectivity index (χ1) is 14.8. The minimum Gasteiger partial charge on any atom is -0.443 e. The lowest BCUT2D eigenvalue weighted by Crippen LogP contribution is -2.56. The molecule has 5 nitrogen and oxygen atoms in total. The molecule has 0 N–H and O–H groups in total. The summed E-state index contributed by atoms with van der Waals surface area (Å²) in [6.45, 7) is 9.74. The third-order valence-corrected chi connectivity index (χ3v) is 5.26. The second kappa shape index (κ2) is 7.91. The summed E-state index contributed by atoms with van der Waals surface area (Å²) in [6.07, 6.45) is 0.430. The summed E-state index contributed by atoms with van der Waals surface area (Å²) in [5.41, 5.74) is 1.33. The number of amides is 2. The molecule has 1 aliphatic heterocycles. The fourth-order valence-corrected chi connectivity index (χ4v) is 3.95. The van der Waals surface area contributed by atoms with Crippen LogP contribution in [-0.4, -0.2) is 28.7 Å². The van der Waals surface area contributed by atoms with Crippen LogP contribution in [0.1, 0.15) is 36.7 Å². The molecule has 5 heteroatoms. The Bertz CT molecular complexity index is 1160. The Hall–Kier alpha value is -3.60. The SMILES string of the molecule is C=CC1N(Cc2cccc3ccccc23)C(=O)c2ccccc2N1C(=O)OC(C)(C)C. The van der Waals surface area contributed by atoms with Gasteiger partial charge in [-0.05, 0) is 55.3 Å². The predicted octanol–water partition coefficient (Wildman–Crippen LogP) is 5.75. The average molecular weight is 415 g/mol. The van der Waals surface area contributed by atoms with Crippen LogP contribution in [0.5, 0.6) is 0 Å². The lowest BCUT2D eigenvalue weighted by atomic mass is 10.0. The molecule has 3 aromatic rings. The molecule has 158 valence electrons. The molecule has 1 heterocycles. The van der Waals surface area contributed by atoms with E-state index in [1.54, 1.807) is 29.2 Å². The van der Waals surface area contributed by atoms with Gasteiger partial charge in [-0.25, -0.2) is 4.79 Å². The van der Waals surface area contributed by atoms with E-state index in [2.05, 4.69) is 6.58 Å². The van der Waals surface area contributed by atoms with Crippen LogP contribution in [0.2, 0.25) is 0 Å². The van der Waals surface area contributed by atoms with Gasteiger partial charge in [-0.1, -0.05) is 61.2 Å². The van der Waals surface area contributed by atoms with Gasteiger partial charge in [0.25, 0.3) is 5.91 Å². The minimum absolute atomic E-state index is 0.145. The highest BCUT2D eigenvalue weighted by molar-refractivity contribution is 6.07. The number of para-hydroxylation sites is 1. The summed E-state index contributed by atoms with van der Waals surface area (Å²) < 4.78 is 5.67. The molecule has 0 bridgehead atoms. The molecule has 0 aliphatic carbocycles. The molecular weight excluding hydrogens is 388 g/mol. The standard InChI is InChI=1S/C26H26N2O3/c1-5-23-27(17-19-13-10-12-18-11-6-7-14-20(18)19)24(29)21-15-8-9-16-22(21)28(23)25(30)31-26(2,3)4/h5-16,23H,1,17H2,2-4H3. The van der Waals surface area contributed by atoms with Crippen molar-refractivity contribution in [3.05, 3.63) is 90.5 Å². The number of anilines is 1. The number of hydrogen-bond donors (Lipinski definition) is 0. The summed E-state index contributed by atoms with van der Waals surface area (Å²) >= 11 is 0. The van der Waals surface area contributed by atoms with Crippen molar-refractivity contribution >= 4 is 28.5 Å². The Kier molecular flexibility index (Phi) is 5.27. The summed E-state index contributed by atoms with van der Waals surface area (Å²) in [7, 11) is 0. The monoisotopic (exact) mass is 414 g/mol. The number of ether oxygens (including phenoxy) is 1. The first kappa shape index (κ1) is 20.7. The Labute approximate surface area is 182 Å². The molecule has 1 atom stereocenters. The normalized spacial score (nSPS) is 16.2. The van der Waals surface area contributed by atoms with Crippen molar-refractivity contribution in [1.29, 1.82) is 0 Å². The lowest BCUT2D eigenvalue weighted by molar-refractivity contribution is 0.0485. The molecular formula is C26H26N2O3. The summed E-state index contributed by atoms with van der Waals surface area (Å²) in [4.78, 5) is 29.8. The Balaban J connectivity index is 1.80. The van der Waals surface area contributed by atoms with Crippen molar-refractivity contribution in [2.75, 3.05) is 4.90 Å². The first-order valence-corrected chi connectivity index (χ1v) is 10.3. The van der Waals surface area contributed by atoms with Gasteiger partial charge in [0.05, 0.1) is 11.3 Å². The number of fused-ring (bicyclic) bond motifs is 2. The molecule has 1 unspecified atom stereocenters. The van der Waals surface area contributed by atoms with Gasteiger partial charge in [-0.15, -0.1) is 0 Å². The largest absolute Gasteiger partial charge is 0.443 e. The van der Waals surface area contributed by atoms with Crippen LogP contribution in [0.3, 0.4) is 0 Å². The molecule has 0 fully saturated rings. The van der Waals surface area contributed by atoms with Crippen LogP contribution in [0.15, 0.2) is 79.4 Å². The molecule has 31 heavy (non-hydrogen) atoms. The van der Waals surface area contributed by atoms with E-state index in [4.69, 9.17) is 4.74 Å². The van der Waals surface area contributed by atoms with E-state index >= 15 is 0 Å². The van der Waals surface area contributed by atoms with Crippen LogP contribution in [0, 0.1) is 0 Å². The Morgan fingerprint density at radius 1 is 1.03 bits per heavy atom. The van der Waals surface area contributed by atoms with Crippen molar-refractivity contribution < 1.29 is 14.3 Å². The van der Waals surface area contributed by atoms with E-state index in [1.165, 1.54) is 4.90 Å². The first-order valence-electron chi connectivity index (χ1n) is 10.3. The van der Waals surface area contributed by atoms with Gasteiger partial charge in [-0.2, -0.15) is 0 Å². The number of carbonyl (C=O) groups is 2. The highest BCUT2D eigenvalue weighted by atomic mass is 16.6.